The van der Waals surface area contributed by atoms with Crippen molar-refractivity contribution in [3.8, 4) is 6.07 Å². The normalized spacial score (nSPS) is 21.4. The molecule has 0 aliphatic carbocycles. The van der Waals surface area contributed by atoms with E-state index in [4.69, 9.17) is 14.7 Å². The molecule has 11 heteroatoms. The van der Waals surface area contributed by atoms with Crippen molar-refractivity contribution in [2.24, 2.45) is 0 Å². The number of ether oxygens (including phenoxy) is 2. The summed E-state index contributed by atoms with van der Waals surface area (Å²) < 4.78 is 10.7. The lowest BCUT2D eigenvalue weighted by Crippen LogP contribution is -2.45. The van der Waals surface area contributed by atoms with E-state index in [9.17, 15) is 9.59 Å². The summed E-state index contributed by atoms with van der Waals surface area (Å²) in [5, 5.41) is 22.8. The van der Waals surface area contributed by atoms with Gasteiger partial charge in [-0.05, 0) is 80.1 Å². The fourth-order valence-corrected chi connectivity index (χ4v) is 3.65. The summed E-state index contributed by atoms with van der Waals surface area (Å²) in [6.07, 6.45) is 4.93. The number of aromatic nitrogens is 4. The van der Waals surface area contributed by atoms with Crippen LogP contribution in [-0.4, -0.2) is 72.9 Å². The van der Waals surface area contributed by atoms with E-state index in [2.05, 4.69) is 26.7 Å². The maximum Gasteiger partial charge on any atom is 0.411 e. The van der Waals surface area contributed by atoms with Gasteiger partial charge < -0.3 is 9.47 Å². The Kier molecular flexibility index (Phi) is 9.02. The van der Waals surface area contributed by atoms with Crippen LogP contribution in [-0.2, 0) is 9.47 Å². The second-order valence-corrected chi connectivity index (χ2v) is 10.3. The van der Waals surface area contributed by atoms with Crippen LogP contribution in [0.5, 0.6) is 0 Å². The summed E-state index contributed by atoms with van der Waals surface area (Å²) in [5.74, 6) is 0.556. The molecule has 2 unspecified atom stereocenters. The molecular formula is C22H37N7O4. The van der Waals surface area contributed by atoms with Crippen molar-refractivity contribution in [2.45, 2.75) is 103 Å². The average Bonchev–Trinajstić information content (AvgIpc) is 3.26. The van der Waals surface area contributed by atoms with E-state index in [1.54, 1.807) is 4.90 Å². The summed E-state index contributed by atoms with van der Waals surface area (Å²) in [6, 6.07) is 1.70. The van der Waals surface area contributed by atoms with Gasteiger partial charge in [0.1, 0.15) is 17.2 Å². The number of nitrogens with one attached hydrogen (secondary N) is 1. The largest absolute Gasteiger partial charge is 0.444 e. The lowest BCUT2D eigenvalue weighted by Gasteiger charge is -2.35. The van der Waals surface area contributed by atoms with Gasteiger partial charge in [0.05, 0.1) is 12.1 Å². The minimum Gasteiger partial charge on any atom is -0.444 e. The van der Waals surface area contributed by atoms with E-state index in [0.717, 1.165) is 38.5 Å². The molecule has 3 rings (SSSR count). The van der Waals surface area contributed by atoms with Crippen LogP contribution in [0.4, 0.5) is 9.59 Å². The molecule has 0 spiro atoms. The number of hydrogen-bond acceptors (Lipinski definition) is 8. The highest BCUT2D eigenvalue weighted by atomic mass is 16.6. The molecule has 1 N–H and O–H groups in total. The number of rotatable bonds is 1. The van der Waals surface area contributed by atoms with Gasteiger partial charge in [0, 0.05) is 13.1 Å². The van der Waals surface area contributed by atoms with Gasteiger partial charge in [-0.1, -0.05) is 5.21 Å². The highest BCUT2D eigenvalue weighted by Gasteiger charge is 2.33. The summed E-state index contributed by atoms with van der Waals surface area (Å²) in [5.41, 5.74) is -0.981. The third kappa shape index (κ3) is 8.51. The van der Waals surface area contributed by atoms with Gasteiger partial charge in [-0.2, -0.15) is 10.5 Å². The molecular weight excluding hydrogens is 426 g/mol. The zero-order chi connectivity index (χ0) is 24.6. The maximum atomic E-state index is 12.1. The first kappa shape index (κ1) is 26.4. The van der Waals surface area contributed by atoms with Crippen LogP contribution in [0.15, 0.2) is 0 Å². The first-order valence-electron chi connectivity index (χ1n) is 11.5. The molecule has 0 radical (unpaired) electrons. The van der Waals surface area contributed by atoms with Crippen LogP contribution in [0.3, 0.4) is 0 Å². The molecule has 1 aromatic heterocycles. The molecule has 3 heterocycles. The van der Waals surface area contributed by atoms with Gasteiger partial charge in [-0.25, -0.2) is 9.59 Å². The summed E-state index contributed by atoms with van der Waals surface area (Å²) in [6.45, 7) is 12.4. The zero-order valence-electron chi connectivity index (χ0n) is 20.6. The molecule has 2 aliphatic rings. The molecule has 0 aromatic carbocycles. The van der Waals surface area contributed by atoms with Crippen molar-refractivity contribution in [1.29, 1.82) is 5.26 Å². The fourth-order valence-electron chi connectivity index (χ4n) is 3.65. The number of carbonyl (C=O) groups is 2. The molecule has 2 aliphatic heterocycles. The molecule has 2 saturated heterocycles. The lowest BCUT2D eigenvalue weighted by molar-refractivity contribution is 0.00831. The molecule has 2 atom stereocenters. The Labute approximate surface area is 195 Å². The number of amides is 2. The van der Waals surface area contributed by atoms with Crippen molar-refractivity contribution in [1.82, 2.24) is 30.4 Å². The van der Waals surface area contributed by atoms with Crippen LogP contribution >= 0.6 is 0 Å². The van der Waals surface area contributed by atoms with Gasteiger partial charge in [-0.15, -0.1) is 10.2 Å². The number of nitriles is 1. The molecule has 0 saturated carbocycles. The van der Waals surface area contributed by atoms with E-state index in [1.807, 2.05) is 41.5 Å². The van der Waals surface area contributed by atoms with Crippen molar-refractivity contribution in [3.63, 3.8) is 0 Å². The van der Waals surface area contributed by atoms with Crippen molar-refractivity contribution in [2.75, 3.05) is 13.1 Å². The second-order valence-electron chi connectivity index (χ2n) is 10.3. The first-order chi connectivity index (χ1) is 15.4. The molecule has 184 valence electrons. The average molecular weight is 464 g/mol. The number of tetrazole rings is 1. The Morgan fingerprint density at radius 3 is 2.00 bits per heavy atom. The number of nitrogens with zero attached hydrogens (tertiary/aromatic N) is 6. The van der Waals surface area contributed by atoms with Crippen LogP contribution in [0, 0.1) is 11.3 Å². The minimum absolute atomic E-state index is 0.132. The molecule has 33 heavy (non-hydrogen) atoms. The molecule has 1 aromatic rings. The lowest BCUT2D eigenvalue weighted by atomic mass is 10.0. The SMILES string of the molecule is CC(C)(C)OC(=O)N1CCCCC1C#N.CC(C)(C)OC(=O)N1CCCCC1c1nn[nH]n1. The summed E-state index contributed by atoms with van der Waals surface area (Å²) in [7, 11) is 0. The standard InChI is InChI=1S/C11H19N5O2.C11H18N2O2/c1-11(2,3)18-10(17)16-7-5-4-6-8(16)9-12-14-15-13-9;1-11(2,3)15-10(14)13-7-5-4-6-9(13)8-12/h8H,4-7H2,1-3H3,(H,12,13,14,15);9H,4-7H2,1-3H3. The van der Waals surface area contributed by atoms with Crippen molar-refractivity contribution >= 4 is 12.2 Å². The van der Waals surface area contributed by atoms with Gasteiger partial charge in [0.2, 0.25) is 0 Å². The van der Waals surface area contributed by atoms with Crippen LogP contribution in [0.25, 0.3) is 0 Å². The highest BCUT2D eigenvalue weighted by Crippen LogP contribution is 2.29. The Hall–Kier alpha value is -2.90. The van der Waals surface area contributed by atoms with E-state index in [1.165, 1.54) is 4.90 Å². The van der Waals surface area contributed by atoms with Crippen LogP contribution in [0.1, 0.15) is 91.9 Å². The van der Waals surface area contributed by atoms with E-state index < -0.39 is 11.2 Å². The number of H-pyrrole nitrogens is 1. The number of piperidine rings is 2. The molecule has 0 bridgehead atoms. The van der Waals surface area contributed by atoms with E-state index in [0.29, 0.717) is 18.9 Å². The van der Waals surface area contributed by atoms with Crippen molar-refractivity contribution < 1.29 is 19.1 Å². The van der Waals surface area contributed by atoms with Crippen LogP contribution in [0.2, 0.25) is 0 Å². The Bertz CT molecular complexity index is 808. The summed E-state index contributed by atoms with van der Waals surface area (Å²) in [4.78, 5) is 27.1. The zero-order valence-corrected chi connectivity index (χ0v) is 20.6. The smallest absolute Gasteiger partial charge is 0.411 e. The Morgan fingerprint density at radius 2 is 1.48 bits per heavy atom. The quantitative estimate of drug-likeness (QED) is 0.660. The van der Waals surface area contributed by atoms with Crippen LogP contribution < -0.4 is 0 Å². The molecule has 2 amide bonds. The van der Waals surface area contributed by atoms with Gasteiger partial charge >= 0.3 is 12.2 Å². The first-order valence-corrected chi connectivity index (χ1v) is 11.5. The number of aromatic amines is 1. The topological polar surface area (TPSA) is 137 Å². The predicted octanol–water partition coefficient (Wildman–Crippen LogP) is 3.96. The van der Waals surface area contributed by atoms with Crippen molar-refractivity contribution in [3.05, 3.63) is 5.82 Å². The summed E-state index contributed by atoms with van der Waals surface area (Å²) >= 11 is 0. The molecule has 2 fully saturated rings. The van der Waals surface area contributed by atoms with Gasteiger partial charge in [-0.3, -0.25) is 9.80 Å². The number of likely N-dealkylation sites (tertiary alicyclic amines) is 2. The van der Waals surface area contributed by atoms with Gasteiger partial charge in [0.25, 0.3) is 0 Å². The fraction of sp³-hybridized carbons (Fsp3) is 0.818. The predicted molar refractivity (Wildman–Crippen MR) is 120 cm³/mol. The number of hydrogen-bond donors (Lipinski definition) is 1. The Morgan fingerprint density at radius 1 is 0.939 bits per heavy atom. The Balaban J connectivity index is 0.000000238. The van der Waals surface area contributed by atoms with Gasteiger partial charge in [0.15, 0.2) is 5.82 Å². The third-order valence-corrected chi connectivity index (χ3v) is 5.07. The highest BCUT2D eigenvalue weighted by molar-refractivity contribution is 5.69. The molecule has 11 nitrogen and oxygen atoms in total. The van der Waals surface area contributed by atoms with E-state index >= 15 is 0 Å². The minimum atomic E-state index is -0.492. The monoisotopic (exact) mass is 463 g/mol. The second kappa shape index (κ2) is 11.3. The third-order valence-electron chi connectivity index (χ3n) is 5.07. The maximum absolute atomic E-state index is 12.1. The van der Waals surface area contributed by atoms with E-state index in [-0.39, 0.29) is 24.3 Å². The number of carbonyl (C=O) groups excluding carboxylic acids is 2.